The van der Waals surface area contributed by atoms with Crippen LogP contribution in [0.3, 0.4) is 0 Å². The molecular formula is C19H24N6OS2. The normalized spacial score (nSPS) is 13.1. The molecule has 28 heavy (non-hydrogen) atoms. The summed E-state index contributed by atoms with van der Waals surface area (Å²) in [4.78, 5) is 12.6. The Balaban J connectivity index is 1.60. The average molecular weight is 417 g/mol. The molecule has 0 spiro atoms. The zero-order valence-electron chi connectivity index (χ0n) is 16.3. The standard InChI is InChI=1S/C19H24N6OS2/c1-5-13(3)25-16(10-11-20-25)22-17(26)14(4)27-19-24-23-18(28-19)21-15-9-7-6-8-12(15)2/h6-11,13-14H,5H2,1-4H3,(H,21,23)(H,22,26)/t13-,14-/m1/s1. The van der Waals surface area contributed by atoms with Crippen molar-refractivity contribution in [2.75, 3.05) is 10.6 Å². The first kappa shape index (κ1) is 20.3. The number of hydrogen-bond acceptors (Lipinski definition) is 7. The first-order valence-electron chi connectivity index (χ1n) is 9.15. The van der Waals surface area contributed by atoms with Crippen LogP contribution in [0.15, 0.2) is 40.9 Å². The highest BCUT2D eigenvalue weighted by molar-refractivity contribution is 8.02. The van der Waals surface area contributed by atoms with Gasteiger partial charge in [0, 0.05) is 11.8 Å². The number of rotatable bonds is 8. The second kappa shape index (κ2) is 9.20. The zero-order valence-corrected chi connectivity index (χ0v) is 18.0. The maximum atomic E-state index is 12.6. The van der Waals surface area contributed by atoms with Crippen LogP contribution in [-0.4, -0.2) is 31.1 Å². The van der Waals surface area contributed by atoms with Crippen LogP contribution in [0.4, 0.5) is 16.6 Å². The van der Waals surface area contributed by atoms with Crippen molar-refractivity contribution >= 4 is 45.6 Å². The molecule has 9 heteroatoms. The summed E-state index contributed by atoms with van der Waals surface area (Å²) in [7, 11) is 0. The Labute approximate surface area is 173 Å². The minimum Gasteiger partial charge on any atom is -0.330 e. The number of aromatic nitrogens is 4. The number of para-hydroxylation sites is 1. The molecule has 2 aromatic heterocycles. The van der Waals surface area contributed by atoms with Crippen LogP contribution in [0, 0.1) is 6.92 Å². The van der Waals surface area contributed by atoms with Crippen LogP contribution in [-0.2, 0) is 4.79 Å². The lowest BCUT2D eigenvalue weighted by Crippen LogP contribution is -2.24. The lowest BCUT2D eigenvalue weighted by Gasteiger charge is -2.15. The fourth-order valence-corrected chi connectivity index (χ4v) is 4.41. The van der Waals surface area contributed by atoms with E-state index in [0.717, 1.165) is 22.0 Å². The molecule has 0 unspecified atom stereocenters. The van der Waals surface area contributed by atoms with Gasteiger partial charge in [-0.1, -0.05) is 48.2 Å². The van der Waals surface area contributed by atoms with Crippen molar-refractivity contribution in [1.82, 2.24) is 20.0 Å². The monoisotopic (exact) mass is 416 g/mol. The maximum absolute atomic E-state index is 12.6. The van der Waals surface area contributed by atoms with E-state index in [1.165, 1.54) is 23.1 Å². The van der Waals surface area contributed by atoms with Gasteiger partial charge >= 0.3 is 0 Å². The highest BCUT2D eigenvalue weighted by Gasteiger charge is 2.19. The van der Waals surface area contributed by atoms with Crippen LogP contribution in [0.1, 0.15) is 38.8 Å². The second-order valence-electron chi connectivity index (χ2n) is 6.48. The van der Waals surface area contributed by atoms with E-state index in [1.54, 1.807) is 6.20 Å². The molecule has 2 atom stereocenters. The Bertz CT molecular complexity index is 938. The zero-order chi connectivity index (χ0) is 20.1. The van der Waals surface area contributed by atoms with Crippen LogP contribution in [0.2, 0.25) is 0 Å². The van der Waals surface area contributed by atoms with Crippen molar-refractivity contribution in [3.63, 3.8) is 0 Å². The molecule has 2 N–H and O–H groups in total. The van der Waals surface area contributed by atoms with Crippen LogP contribution >= 0.6 is 23.1 Å². The lowest BCUT2D eigenvalue weighted by atomic mass is 10.2. The Kier molecular flexibility index (Phi) is 6.69. The Hall–Kier alpha value is -2.39. The summed E-state index contributed by atoms with van der Waals surface area (Å²) in [5, 5.41) is 19.3. The summed E-state index contributed by atoms with van der Waals surface area (Å²) >= 11 is 2.83. The van der Waals surface area contributed by atoms with Gasteiger partial charge in [-0.05, 0) is 38.8 Å². The van der Waals surface area contributed by atoms with Crippen molar-refractivity contribution < 1.29 is 4.79 Å². The van der Waals surface area contributed by atoms with E-state index in [0.29, 0.717) is 10.9 Å². The van der Waals surface area contributed by atoms with Gasteiger partial charge < -0.3 is 10.6 Å². The fraction of sp³-hybridized carbons (Fsp3) is 0.368. The largest absolute Gasteiger partial charge is 0.330 e. The number of benzene rings is 1. The minimum absolute atomic E-state index is 0.0846. The molecule has 3 aromatic rings. The molecule has 0 saturated heterocycles. The quantitative estimate of drug-likeness (QED) is 0.509. The van der Waals surface area contributed by atoms with Gasteiger partial charge in [0.1, 0.15) is 5.82 Å². The molecule has 2 heterocycles. The molecule has 148 valence electrons. The number of carbonyl (C=O) groups excluding carboxylic acids is 1. The van der Waals surface area contributed by atoms with Gasteiger partial charge in [-0.15, -0.1) is 10.2 Å². The minimum atomic E-state index is -0.306. The smallest absolute Gasteiger partial charge is 0.238 e. The number of thioether (sulfide) groups is 1. The molecule has 0 radical (unpaired) electrons. The molecule has 0 saturated carbocycles. The molecule has 0 aliphatic heterocycles. The number of aryl methyl sites for hydroxylation is 1. The summed E-state index contributed by atoms with van der Waals surface area (Å²) in [5.74, 6) is 0.629. The first-order chi connectivity index (χ1) is 13.5. The SMILES string of the molecule is CC[C@@H](C)n1nccc1NC(=O)[C@@H](C)Sc1nnc(Nc2ccccc2C)s1. The summed E-state index contributed by atoms with van der Waals surface area (Å²) in [5.41, 5.74) is 2.14. The molecule has 0 fully saturated rings. The lowest BCUT2D eigenvalue weighted by molar-refractivity contribution is -0.115. The molecule has 0 aliphatic rings. The Morgan fingerprint density at radius 2 is 2.04 bits per heavy atom. The number of nitrogens with one attached hydrogen (secondary N) is 2. The highest BCUT2D eigenvalue weighted by Crippen LogP contribution is 2.31. The van der Waals surface area contributed by atoms with E-state index < -0.39 is 0 Å². The van der Waals surface area contributed by atoms with E-state index in [4.69, 9.17) is 0 Å². The summed E-state index contributed by atoms with van der Waals surface area (Å²) in [6.45, 7) is 8.06. The predicted octanol–water partition coefficient (Wildman–Crippen LogP) is 4.88. The average Bonchev–Trinajstić information content (AvgIpc) is 3.32. The maximum Gasteiger partial charge on any atom is 0.238 e. The number of nitrogens with zero attached hydrogens (tertiary/aromatic N) is 4. The van der Waals surface area contributed by atoms with Crippen molar-refractivity contribution in [1.29, 1.82) is 0 Å². The number of hydrogen-bond donors (Lipinski definition) is 2. The molecule has 7 nitrogen and oxygen atoms in total. The summed E-state index contributed by atoms with van der Waals surface area (Å²) < 4.78 is 2.58. The molecule has 0 bridgehead atoms. The van der Waals surface area contributed by atoms with Crippen molar-refractivity contribution in [2.45, 2.75) is 49.7 Å². The molecular weight excluding hydrogens is 392 g/mol. The number of anilines is 3. The van der Waals surface area contributed by atoms with E-state index in [9.17, 15) is 4.79 Å². The van der Waals surface area contributed by atoms with Gasteiger partial charge in [-0.3, -0.25) is 4.79 Å². The van der Waals surface area contributed by atoms with Gasteiger partial charge in [0.2, 0.25) is 11.0 Å². The van der Waals surface area contributed by atoms with E-state index in [2.05, 4.69) is 39.8 Å². The predicted molar refractivity (Wildman–Crippen MR) is 116 cm³/mol. The van der Waals surface area contributed by atoms with Gasteiger partial charge in [0.25, 0.3) is 0 Å². The Morgan fingerprint density at radius 1 is 1.25 bits per heavy atom. The second-order valence-corrected chi connectivity index (χ2v) is 9.05. The highest BCUT2D eigenvalue weighted by atomic mass is 32.2. The molecule has 1 amide bonds. The topological polar surface area (TPSA) is 84.7 Å². The third-order valence-corrected chi connectivity index (χ3v) is 6.39. The van der Waals surface area contributed by atoms with Crippen LogP contribution in [0.25, 0.3) is 0 Å². The van der Waals surface area contributed by atoms with Crippen LogP contribution < -0.4 is 10.6 Å². The van der Waals surface area contributed by atoms with Crippen molar-refractivity contribution in [2.24, 2.45) is 0 Å². The fourth-order valence-electron chi connectivity index (χ4n) is 2.51. The van der Waals surface area contributed by atoms with E-state index >= 15 is 0 Å². The summed E-state index contributed by atoms with van der Waals surface area (Å²) in [6.07, 6.45) is 2.64. The third-order valence-electron chi connectivity index (χ3n) is 4.37. The van der Waals surface area contributed by atoms with Gasteiger partial charge in [0.05, 0.1) is 17.5 Å². The molecule has 1 aromatic carbocycles. The third kappa shape index (κ3) is 4.90. The summed E-state index contributed by atoms with van der Waals surface area (Å²) in [6, 6.07) is 10.1. The van der Waals surface area contributed by atoms with E-state index in [1.807, 2.05) is 48.9 Å². The Morgan fingerprint density at radius 3 is 2.79 bits per heavy atom. The van der Waals surface area contributed by atoms with Crippen molar-refractivity contribution in [3.05, 3.63) is 42.1 Å². The molecule has 3 rings (SSSR count). The van der Waals surface area contributed by atoms with Crippen LogP contribution in [0.5, 0.6) is 0 Å². The van der Waals surface area contributed by atoms with Crippen molar-refractivity contribution in [3.8, 4) is 0 Å². The molecule has 0 aliphatic carbocycles. The van der Waals surface area contributed by atoms with Gasteiger partial charge in [0.15, 0.2) is 4.34 Å². The van der Waals surface area contributed by atoms with Gasteiger partial charge in [-0.2, -0.15) is 5.10 Å². The first-order valence-corrected chi connectivity index (χ1v) is 10.8. The number of amides is 1. The van der Waals surface area contributed by atoms with Gasteiger partial charge in [-0.25, -0.2) is 4.68 Å². The van der Waals surface area contributed by atoms with E-state index in [-0.39, 0.29) is 17.2 Å². The number of carbonyl (C=O) groups is 1.